The van der Waals surface area contributed by atoms with Gasteiger partial charge in [-0.1, -0.05) is 37.3 Å². The number of nitrogens with zero attached hydrogens (tertiary/aromatic N) is 2. The lowest BCUT2D eigenvalue weighted by Crippen LogP contribution is -2.44. The summed E-state index contributed by atoms with van der Waals surface area (Å²) >= 11 is 0. The molecular weight excluding hydrogens is 254 g/mol. The SMILES string of the molecule is NC(=NO)C1CCCN(C(=O)CCC2CCCCC2)C1. The molecule has 1 aliphatic carbocycles. The van der Waals surface area contributed by atoms with Crippen LogP contribution in [0.15, 0.2) is 5.16 Å². The predicted octanol–water partition coefficient (Wildman–Crippen LogP) is 2.33. The van der Waals surface area contributed by atoms with Gasteiger partial charge in [-0.05, 0) is 25.2 Å². The van der Waals surface area contributed by atoms with Crippen LogP contribution in [-0.4, -0.2) is 34.9 Å². The van der Waals surface area contributed by atoms with Gasteiger partial charge in [0.1, 0.15) is 5.84 Å². The number of carbonyl (C=O) groups excluding carboxylic acids is 1. The molecular formula is C15H27N3O2. The fourth-order valence-electron chi connectivity index (χ4n) is 3.49. The minimum Gasteiger partial charge on any atom is -0.409 e. The maximum absolute atomic E-state index is 12.3. The van der Waals surface area contributed by atoms with Crippen LogP contribution in [0.5, 0.6) is 0 Å². The first-order valence-electron chi connectivity index (χ1n) is 7.96. The minimum absolute atomic E-state index is 0.0207. The topological polar surface area (TPSA) is 78.9 Å². The summed E-state index contributed by atoms with van der Waals surface area (Å²) in [5, 5.41) is 11.8. The van der Waals surface area contributed by atoms with Crippen molar-refractivity contribution in [2.24, 2.45) is 22.7 Å². The average Bonchev–Trinajstić information content (AvgIpc) is 2.53. The molecule has 2 rings (SSSR count). The molecule has 2 aliphatic rings. The zero-order chi connectivity index (χ0) is 14.4. The second-order valence-electron chi connectivity index (χ2n) is 6.25. The quantitative estimate of drug-likeness (QED) is 0.359. The highest BCUT2D eigenvalue weighted by Crippen LogP contribution is 2.28. The fourth-order valence-corrected chi connectivity index (χ4v) is 3.49. The molecule has 0 bridgehead atoms. The van der Waals surface area contributed by atoms with Crippen LogP contribution in [-0.2, 0) is 4.79 Å². The standard InChI is InChI=1S/C15H27N3O2/c16-15(17-20)13-7-4-10-18(11-13)14(19)9-8-12-5-2-1-3-6-12/h12-13,20H,1-11H2,(H2,16,17). The second kappa shape index (κ2) is 7.50. The largest absolute Gasteiger partial charge is 0.409 e. The first kappa shape index (κ1) is 15.1. The van der Waals surface area contributed by atoms with E-state index in [1.54, 1.807) is 0 Å². The molecule has 20 heavy (non-hydrogen) atoms. The summed E-state index contributed by atoms with van der Waals surface area (Å²) in [6.07, 6.45) is 10.1. The summed E-state index contributed by atoms with van der Waals surface area (Å²) in [4.78, 5) is 14.2. The number of piperidine rings is 1. The highest BCUT2D eigenvalue weighted by molar-refractivity contribution is 5.84. The Morgan fingerprint density at radius 2 is 1.95 bits per heavy atom. The smallest absolute Gasteiger partial charge is 0.222 e. The molecule has 5 heteroatoms. The molecule has 0 spiro atoms. The van der Waals surface area contributed by atoms with E-state index in [1.807, 2.05) is 4.90 Å². The van der Waals surface area contributed by atoms with Crippen LogP contribution in [0.1, 0.15) is 57.8 Å². The van der Waals surface area contributed by atoms with Gasteiger partial charge in [-0.2, -0.15) is 0 Å². The molecule has 1 saturated carbocycles. The van der Waals surface area contributed by atoms with Crippen molar-refractivity contribution in [3.05, 3.63) is 0 Å². The van der Waals surface area contributed by atoms with Gasteiger partial charge in [-0.3, -0.25) is 4.79 Å². The van der Waals surface area contributed by atoms with Crippen molar-refractivity contribution < 1.29 is 10.0 Å². The molecule has 0 aromatic heterocycles. The van der Waals surface area contributed by atoms with E-state index in [0.29, 0.717) is 13.0 Å². The number of carbonyl (C=O) groups is 1. The first-order chi connectivity index (χ1) is 9.70. The summed E-state index contributed by atoms with van der Waals surface area (Å²) in [5.41, 5.74) is 5.66. The number of amides is 1. The molecule has 0 aromatic rings. The summed E-state index contributed by atoms with van der Waals surface area (Å²) < 4.78 is 0. The molecule has 1 unspecified atom stereocenters. The van der Waals surface area contributed by atoms with Gasteiger partial charge in [-0.15, -0.1) is 0 Å². The van der Waals surface area contributed by atoms with E-state index in [9.17, 15) is 4.79 Å². The zero-order valence-corrected chi connectivity index (χ0v) is 12.3. The van der Waals surface area contributed by atoms with Crippen LogP contribution >= 0.6 is 0 Å². The number of hydrogen-bond donors (Lipinski definition) is 2. The van der Waals surface area contributed by atoms with Gasteiger partial charge in [-0.25, -0.2) is 0 Å². The molecule has 1 aliphatic heterocycles. The van der Waals surface area contributed by atoms with Crippen molar-refractivity contribution in [2.45, 2.75) is 57.8 Å². The Kier molecular flexibility index (Phi) is 5.68. The van der Waals surface area contributed by atoms with E-state index in [4.69, 9.17) is 10.9 Å². The molecule has 0 aromatic carbocycles. The Bertz CT molecular complexity index is 351. The molecule has 0 radical (unpaired) electrons. The molecule has 1 heterocycles. The third-order valence-corrected chi connectivity index (χ3v) is 4.80. The predicted molar refractivity (Wildman–Crippen MR) is 78.5 cm³/mol. The molecule has 2 fully saturated rings. The van der Waals surface area contributed by atoms with Crippen LogP contribution < -0.4 is 5.73 Å². The number of likely N-dealkylation sites (tertiary alicyclic amines) is 1. The van der Waals surface area contributed by atoms with E-state index < -0.39 is 0 Å². The highest BCUT2D eigenvalue weighted by Gasteiger charge is 2.26. The monoisotopic (exact) mass is 281 g/mol. The van der Waals surface area contributed by atoms with Crippen molar-refractivity contribution in [3.8, 4) is 0 Å². The number of oxime groups is 1. The minimum atomic E-state index is 0.0207. The fraction of sp³-hybridized carbons (Fsp3) is 0.867. The molecule has 1 saturated heterocycles. The number of amidine groups is 1. The van der Waals surface area contributed by atoms with Crippen LogP contribution in [0, 0.1) is 11.8 Å². The van der Waals surface area contributed by atoms with E-state index in [0.717, 1.165) is 31.7 Å². The van der Waals surface area contributed by atoms with Crippen LogP contribution in [0.3, 0.4) is 0 Å². The molecule has 3 N–H and O–H groups in total. The van der Waals surface area contributed by atoms with Crippen molar-refractivity contribution in [2.75, 3.05) is 13.1 Å². The van der Waals surface area contributed by atoms with Crippen molar-refractivity contribution in [3.63, 3.8) is 0 Å². The maximum Gasteiger partial charge on any atom is 0.222 e. The molecule has 114 valence electrons. The summed E-state index contributed by atoms with van der Waals surface area (Å²) in [5.74, 6) is 1.27. The third kappa shape index (κ3) is 4.12. The lowest BCUT2D eigenvalue weighted by atomic mass is 9.86. The van der Waals surface area contributed by atoms with E-state index in [-0.39, 0.29) is 17.7 Å². The molecule has 5 nitrogen and oxygen atoms in total. The maximum atomic E-state index is 12.3. The summed E-state index contributed by atoms with van der Waals surface area (Å²) in [7, 11) is 0. The van der Waals surface area contributed by atoms with Gasteiger partial charge in [0.15, 0.2) is 0 Å². The van der Waals surface area contributed by atoms with Crippen molar-refractivity contribution in [1.82, 2.24) is 4.90 Å². The summed E-state index contributed by atoms with van der Waals surface area (Å²) in [6, 6.07) is 0. The summed E-state index contributed by atoms with van der Waals surface area (Å²) in [6.45, 7) is 1.43. The number of rotatable bonds is 4. The Morgan fingerprint density at radius 1 is 1.20 bits per heavy atom. The zero-order valence-electron chi connectivity index (χ0n) is 12.3. The van der Waals surface area contributed by atoms with Gasteiger partial charge in [0, 0.05) is 25.4 Å². The van der Waals surface area contributed by atoms with Crippen LogP contribution in [0.2, 0.25) is 0 Å². The lowest BCUT2D eigenvalue weighted by Gasteiger charge is -2.32. The number of nitrogens with two attached hydrogens (primary N) is 1. The Morgan fingerprint density at radius 3 is 2.65 bits per heavy atom. The second-order valence-corrected chi connectivity index (χ2v) is 6.25. The number of hydrogen-bond acceptors (Lipinski definition) is 3. The van der Waals surface area contributed by atoms with Gasteiger partial charge in [0.2, 0.25) is 5.91 Å². The van der Waals surface area contributed by atoms with E-state index in [1.165, 1.54) is 32.1 Å². The normalized spacial score (nSPS) is 25.7. The average molecular weight is 281 g/mol. The van der Waals surface area contributed by atoms with Crippen molar-refractivity contribution in [1.29, 1.82) is 0 Å². The van der Waals surface area contributed by atoms with Gasteiger partial charge >= 0.3 is 0 Å². The van der Waals surface area contributed by atoms with E-state index >= 15 is 0 Å². The molecule has 1 amide bonds. The third-order valence-electron chi connectivity index (χ3n) is 4.80. The van der Waals surface area contributed by atoms with E-state index in [2.05, 4.69) is 5.16 Å². The Balaban J connectivity index is 1.76. The lowest BCUT2D eigenvalue weighted by molar-refractivity contribution is -0.132. The van der Waals surface area contributed by atoms with Crippen molar-refractivity contribution >= 4 is 11.7 Å². The van der Waals surface area contributed by atoms with Crippen LogP contribution in [0.4, 0.5) is 0 Å². The van der Waals surface area contributed by atoms with Gasteiger partial charge in [0.05, 0.1) is 0 Å². The highest BCUT2D eigenvalue weighted by atomic mass is 16.4. The Hall–Kier alpha value is -1.26. The Labute approximate surface area is 121 Å². The van der Waals surface area contributed by atoms with Gasteiger partial charge < -0.3 is 15.8 Å². The first-order valence-corrected chi connectivity index (χ1v) is 7.96. The molecule has 1 atom stereocenters. The van der Waals surface area contributed by atoms with Crippen LogP contribution in [0.25, 0.3) is 0 Å². The van der Waals surface area contributed by atoms with Gasteiger partial charge in [0.25, 0.3) is 0 Å².